The number of benzene rings is 3. The molecule has 1 heterocycles. The number of hydrogen-bond acceptors (Lipinski definition) is 4. The Balaban J connectivity index is 1.63. The molecule has 1 N–H and O–H groups in total. The van der Waals surface area contributed by atoms with E-state index in [0.717, 1.165) is 29.7 Å². The Labute approximate surface area is 208 Å². The first-order valence-electron chi connectivity index (χ1n) is 12.0. The van der Waals surface area contributed by atoms with Gasteiger partial charge in [-0.1, -0.05) is 67.9 Å². The highest BCUT2D eigenvalue weighted by atomic mass is 32.2. The van der Waals surface area contributed by atoms with Gasteiger partial charge in [0.15, 0.2) is 0 Å². The lowest BCUT2D eigenvalue weighted by atomic mass is 9.83. The molecule has 1 aliphatic rings. The van der Waals surface area contributed by atoms with Crippen LogP contribution in [0.4, 0.5) is 5.69 Å². The van der Waals surface area contributed by atoms with Gasteiger partial charge >= 0.3 is 0 Å². The summed E-state index contributed by atoms with van der Waals surface area (Å²) in [4.78, 5) is 13.5. The van der Waals surface area contributed by atoms with Crippen LogP contribution in [-0.2, 0) is 14.8 Å². The molecule has 35 heavy (non-hydrogen) atoms. The number of fused-ring (bicyclic) bond motifs is 1. The van der Waals surface area contributed by atoms with Crippen molar-refractivity contribution in [3.8, 4) is 5.75 Å². The van der Waals surface area contributed by atoms with Crippen molar-refractivity contribution in [1.29, 1.82) is 0 Å². The van der Waals surface area contributed by atoms with Crippen LogP contribution in [0.5, 0.6) is 5.75 Å². The fourth-order valence-electron chi connectivity index (χ4n) is 4.55. The Kier molecular flexibility index (Phi) is 7.17. The lowest BCUT2D eigenvalue weighted by molar-refractivity contribution is -0.121. The summed E-state index contributed by atoms with van der Waals surface area (Å²) in [5.74, 6) is 0.396. The largest absolute Gasteiger partial charge is 0.487 e. The van der Waals surface area contributed by atoms with Crippen LogP contribution in [0.25, 0.3) is 0 Å². The molecule has 1 aliphatic heterocycles. The number of rotatable bonds is 8. The van der Waals surface area contributed by atoms with E-state index in [1.165, 1.54) is 4.31 Å². The molecule has 0 saturated heterocycles. The van der Waals surface area contributed by atoms with E-state index in [0.29, 0.717) is 12.1 Å². The Morgan fingerprint density at radius 1 is 0.971 bits per heavy atom. The monoisotopic (exact) mass is 492 g/mol. The summed E-state index contributed by atoms with van der Waals surface area (Å²) in [6.45, 7) is 5.74. The number of amides is 1. The molecule has 0 aliphatic carbocycles. The molecule has 0 spiro atoms. The highest BCUT2D eigenvalue weighted by Gasteiger charge is 2.39. The van der Waals surface area contributed by atoms with Gasteiger partial charge < -0.3 is 10.1 Å². The van der Waals surface area contributed by atoms with Crippen LogP contribution in [0.3, 0.4) is 0 Å². The summed E-state index contributed by atoms with van der Waals surface area (Å²) in [6.07, 6.45) is 2.24. The van der Waals surface area contributed by atoms with Crippen LogP contribution in [0, 0.1) is 6.92 Å². The summed E-state index contributed by atoms with van der Waals surface area (Å²) in [7, 11) is -3.95. The second-order valence-electron chi connectivity index (χ2n) is 9.01. The van der Waals surface area contributed by atoms with E-state index in [-0.39, 0.29) is 29.0 Å². The van der Waals surface area contributed by atoms with E-state index in [2.05, 4.69) is 19.2 Å². The van der Waals surface area contributed by atoms with E-state index >= 15 is 0 Å². The smallest absolute Gasteiger partial charge is 0.264 e. The SMILES string of the molecule is CCC1(CC)C[C@H](NC(=O)CN(c2ccccc2)S(=O)(=O)c2ccc(C)cc2)c2ccccc2O1. The predicted octanol–water partition coefficient (Wildman–Crippen LogP) is 5.39. The molecule has 3 aromatic carbocycles. The van der Waals surface area contributed by atoms with Crippen LogP contribution in [-0.4, -0.2) is 26.5 Å². The molecule has 3 aromatic rings. The lowest BCUT2D eigenvalue weighted by Crippen LogP contribution is -2.47. The van der Waals surface area contributed by atoms with Crippen molar-refractivity contribution >= 4 is 21.6 Å². The average molecular weight is 493 g/mol. The van der Waals surface area contributed by atoms with Crippen molar-refractivity contribution in [2.24, 2.45) is 0 Å². The number of ether oxygens (including phenoxy) is 1. The van der Waals surface area contributed by atoms with Gasteiger partial charge in [-0.3, -0.25) is 9.10 Å². The third kappa shape index (κ3) is 5.20. The van der Waals surface area contributed by atoms with E-state index < -0.39 is 10.0 Å². The molecule has 4 rings (SSSR count). The summed E-state index contributed by atoms with van der Waals surface area (Å²) in [6, 6.07) is 22.8. The number of nitrogens with zero attached hydrogens (tertiary/aromatic N) is 1. The zero-order valence-corrected chi connectivity index (χ0v) is 21.2. The number of carbonyl (C=O) groups excluding carboxylic acids is 1. The van der Waals surface area contributed by atoms with Gasteiger partial charge in [-0.25, -0.2) is 8.42 Å². The average Bonchev–Trinajstić information content (AvgIpc) is 2.87. The summed E-state index contributed by atoms with van der Waals surface area (Å²) in [5.41, 5.74) is 1.93. The second-order valence-corrected chi connectivity index (χ2v) is 10.9. The standard InChI is InChI=1S/C28H32N2O4S/c1-4-28(5-2)19-25(24-13-9-10-14-26(24)34-28)29-27(31)20-30(22-11-7-6-8-12-22)35(32,33)23-17-15-21(3)16-18-23/h6-18,25H,4-5,19-20H2,1-3H3,(H,29,31)/t25-/m0/s1. The number of aryl methyl sites for hydroxylation is 1. The third-order valence-corrected chi connectivity index (χ3v) is 8.55. The van der Waals surface area contributed by atoms with Gasteiger partial charge in [0.25, 0.3) is 10.0 Å². The molecule has 1 amide bonds. The van der Waals surface area contributed by atoms with Crippen molar-refractivity contribution in [2.75, 3.05) is 10.8 Å². The van der Waals surface area contributed by atoms with Gasteiger partial charge in [0, 0.05) is 12.0 Å². The van der Waals surface area contributed by atoms with E-state index in [4.69, 9.17) is 4.74 Å². The van der Waals surface area contributed by atoms with Gasteiger partial charge in [0.05, 0.1) is 16.6 Å². The number of carbonyl (C=O) groups is 1. The maximum Gasteiger partial charge on any atom is 0.264 e. The minimum atomic E-state index is -3.95. The molecule has 0 radical (unpaired) electrons. The first-order valence-corrected chi connectivity index (χ1v) is 13.4. The molecule has 0 fully saturated rings. The molecule has 7 heteroatoms. The van der Waals surface area contributed by atoms with Gasteiger partial charge in [-0.2, -0.15) is 0 Å². The molecular weight excluding hydrogens is 460 g/mol. The number of hydrogen-bond donors (Lipinski definition) is 1. The normalized spacial score (nSPS) is 16.6. The summed E-state index contributed by atoms with van der Waals surface area (Å²) in [5, 5.41) is 3.11. The molecule has 0 unspecified atom stereocenters. The van der Waals surface area contributed by atoms with Crippen molar-refractivity contribution < 1.29 is 17.9 Å². The van der Waals surface area contributed by atoms with Crippen LogP contribution >= 0.6 is 0 Å². The highest BCUT2D eigenvalue weighted by Crippen LogP contribution is 2.42. The van der Waals surface area contributed by atoms with Crippen LogP contribution in [0.2, 0.25) is 0 Å². The van der Waals surface area contributed by atoms with E-state index in [1.54, 1.807) is 48.5 Å². The van der Waals surface area contributed by atoms with Crippen molar-refractivity contribution in [2.45, 2.75) is 56.6 Å². The number of para-hydroxylation sites is 2. The molecule has 1 atom stereocenters. The Hall–Kier alpha value is -3.32. The van der Waals surface area contributed by atoms with Gasteiger partial charge in [-0.05, 0) is 50.1 Å². The summed E-state index contributed by atoms with van der Waals surface area (Å²) < 4.78 is 34.7. The van der Waals surface area contributed by atoms with Crippen molar-refractivity contribution in [3.05, 3.63) is 90.0 Å². The first-order chi connectivity index (χ1) is 16.8. The molecule has 0 bridgehead atoms. The van der Waals surface area contributed by atoms with E-state index in [1.807, 2.05) is 37.3 Å². The van der Waals surface area contributed by atoms with Crippen LogP contribution in [0.15, 0.2) is 83.8 Å². The number of sulfonamides is 1. The van der Waals surface area contributed by atoms with Crippen LogP contribution in [0.1, 0.15) is 50.3 Å². The highest BCUT2D eigenvalue weighted by molar-refractivity contribution is 7.92. The quantitative estimate of drug-likeness (QED) is 0.458. The minimum Gasteiger partial charge on any atom is -0.487 e. The summed E-state index contributed by atoms with van der Waals surface area (Å²) >= 11 is 0. The Morgan fingerprint density at radius 3 is 2.26 bits per heavy atom. The van der Waals surface area contributed by atoms with Gasteiger partial charge in [0.1, 0.15) is 17.9 Å². The van der Waals surface area contributed by atoms with Crippen molar-refractivity contribution in [3.63, 3.8) is 0 Å². The Bertz CT molecular complexity index is 1270. The van der Waals surface area contributed by atoms with E-state index in [9.17, 15) is 13.2 Å². The van der Waals surface area contributed by atoms with Crippen LogP contribution < -0.4 is 14.4 Å². The predicted molar refractivity (Wildman–Crippen MR) is 138 cm³/mol. The first kappa shape index (κ1) is 24.8. The molecule has 6 nitrogen and oxygen atoms in total. The maximum absolute atomic E-state index is 13.6. The van der Waals surface area contributed by atoms with Crippen molar-refractivity contribution in [1.82, 2.24) is 5.32 Å². The lowest BCUT2D eigenvalue weighted by Gasteiger charge is -2.41. The topological polar surface area (TPSA) is 75.7 Å². The number of nitrogens with one attached hydrogen (secondary N) is 1. The number of anilines is 1. The maximum atomic E-state index is 13.6. The Morgan fingerprint density at radius 2 is 1.60 bits per heavy atom. The van der Waals surface area contributed by atoms with Gasteiger partial charge in [0.2, 0.25) is 5.91 Å². The zero-order chi connectivity index (χ0) is 25.1. The molecular formula is C28H32N2O4S. The minimum absolute atomic E-state index is 0.146. The molecule has 0 saturated carbocycles. The second kappa shape index (κ2) is 10.1. The zero-order valence-electron chi connectivity index (χ0n) is 20.4. The fourth-order valence-corrected chi connectivity index (χ4v) is 5.97. The molecule has 0 aromatic heterocycles. The third-order valence-electron chi connectivity index (χ3n) is 6.76. The molecule has 184 valence electrons. The van der Waals surface area contributed by atoms with Gasteiger partial charge in [-0.15, -0.1) is 0 Å². The fraction of sp³-hybridized carbons (Fsp3) is 0.321.